The SMILES string of the molecule is CCN1C[C@H]2CC(O)C[C@H]2C1.Cc1ccc(F)cc1.Cc1ccc(O)cc1. The molecular weight excluding hydrogens is 341 g/mol. The Hall–Kier alpha value is -1.91. The Balaban J connectivity index is 0.000000149. The van der Waals surface area contributed by atoms with Crippen molar-refractivity contribution in [1.29, 1.82) is 0 Å². The second-order valence-corrected chi connectivity index (χ2v) is 7.63. The minimum atomic E-state index is -0.171. The molecule has 1 unspecified atom stereocenters. The van der Waals surface area contributed by atoms with Gasteiger partial charge in [0.05, 0.1) is 6.10 Å². The summed E-state index contributed by atoms with van der Waals surface area (Å²) < 4.78 is 12.1. The Morgan fingerprint density at radius 1 is 0.889 bits per heavy atom. The third-order valence-electron chi connectivity index (χ3n) is 5.29. The summed E-state index contributed by atoms with van der Waals surface area (Å²) in [5, 5.41) is 18.1. The normalized spacial score (nSPS) is 23.7. The molecule has 4 rings (SSSR count). The highest BCUT2D eigenvalue weighted by Gasteiger charge is 2.39. The number of phenolic OH excluding ortho intramolecular Hbond substituents is 1. The van der Waals surface area contributed by atoms with Crippen LogP contribution in [0.25, 0.3) is 0 Å². The molecule has 0 aromatic heterocycles. The minimum absolute atomic E-state index is 0.0176. The molecule has 3 nitrogen and oxygen atoms in total. The number of rotatable bonds is 1. The van der Waals surface area contributed by atoms with E-state index in [0.717, 1.165) is 30.2 Å². The number of halogens is 1. The van der Waals surface area contributed by atoms with Gasteiger partial charge in [-0.15, -0.1) is 0 Å². The van der Waals surface area contributed by atoms with Crippen molar-refractivity contribution in [2.24, 2.45) is 11.8 Å². The van der Waals surface area contributed by atoms with Crippen LogP contribution in [0.1, 0.15) is 30.9 Å². The number of aliphatic hydroxyl groups is 1. The largest absolute Gasteiger partial charge is 0.508 e. The Morgan fingerprint density at radius 3 is 1.70 bits per heavy atom. The van der Waals surface area contributed by atoms with Crippen LogP contribution in [0.3, 0.4) is 0 Å². The first-order chi connectivity index (χ1) is 12.9. The Labute approximate surface area is 162 Å². The third-order valence-corrected chi connectivity index (χ3v) is 5.29. The molecule has 148 valence electrons. The third kappa shape index (κ3) is 7.31. The van der Waals surface area contributed by atoms with Crippen LogP contribution in [0.15, 0.2) is 48.5 Å². The fraction of sp³-hybridized carbons (Fsp3) is 0.478. The van der Waals surface area contributed by atoms with Crippen LogP contribution in [0.4, 0.5) is 4.39 Å². The van der Waals surface area contributed by atoms with Gasteiger partial charge in [-0.1, -0.05) is 42.3 Å². The summed E-state index contributed by atoms with van der Waals surface area (Å²) in [5.41, 5.74) is 2.26. The summed E-state index contributed by atoms with van der Waals surface area (Å²) >= 11 is 0. The molecule has 0 bridgehead atoms. The summed E-state index contributed by atoms with van der Waals surface area (Å²) in [6.07, 6.45) is 2.13. The number of phenols is 1. The van der Waals surface area contributed by atoms with Crippen LogP contribution in [0.2, 0.25) is 0 Å². The maximum atomic E-state index is 12.1. The van der Waals surface area contributed by atoms with Gasteiger partial charge in [0.2, 0.25) is 0 Å². The second kappa shape index (κ2) is 10.4. The first-order valence-electron chi connectivity index (χ1n) is 9.75. The highest BCUT2D eigenvalue weighted by atomic mass is 19.1. The van der Waals surface area contributed by atoms with Crippen molar-refractivity contribution in [2.75, 3.05) is 19.6 Å². The molecule has 1 aliphatic heterocycles. The van der Waals surface area contributed by atoms with Crippen molar-refractivity contribution in [3.8, 4) is 5.75 Å². The Morgan fingerprint density at radius 2 is 1.33 bits per heavy atom. The predicted octanol–water partition coefficient (Wildman–Crippen LogP) is 4.54. The van der Waals surface area contributed by atoms with Crippen molar-refractivity contribution in [1.82, 2.24) is 4.90 Å². The lowest BCUT2D eigenvalue weighted by molar-refractivity contribution is 0.163. The van der Waals surface area contributed by atoms with Gasteiger partial charge < -0.3 is 15.1 Å². The fourth-order valence-corrected chi connectivity index (χ4v) is 3.70. The number of benzene rings is 2. The molecule has 27 heavy (non-hydrogen) atoms. The van der Waals surface area contributed by atoms with Gasteiger partial charge in [-0.25, -0.2) is 4.39 Å². The molecule has 4 heteroatoms. The lowest BCUT2D eigenvalue weighted by Gasteiger charge is -2.13. The molecule has 2 fully saturated rings. The van der Waals surface area contributed by atoms with E-state index in [0.29, 0.717) is 5.75 Å². The highest BCUT2D eigenvalue weighted by molar-refractivity contribution is 5.24. The average molecular weight is 374 g/mol. The molecule has 2 aromatic rings. The summed E-state index contributed by atoms with van der Waals surface area (Å²) in [5.74, 6) is 1.78. The van der Waals surface area contributed by atoms with Crippen molar-refractivity contribution in [3.63, 3.8) is 0 Å². The van der Waals surface area contributed by atoms with E-state index in [1.165, 1.54) is 37.3 Å². The fourth-order valence-electron chi connectivity index (χ4n) is 3.70. The molecule has 1 saturated heterocycles. The van der Waals surface area contributed by atoms with Crippen LogP contribution < -0.4 is 0 Å². The molecule has 1 saturated carbocycles. The number of aromatic hydroxyl groups is 1. The van der Waals surface area contributed by atoms with Gasteiger partial charge in [-0.2, -0.15) is 0 Å². The van der Waals surface area contributed by atoms with Crippen molar-refractivity contribution in [2.45, 2.75) is 39.7 Å². The smallest absolute Gasteiger partial charge is 0.123 e. The van der Waals surface area contributed by atoms with Crippen LogP contribution in [0, 0.1) is 31.5 Å². The molecule has 2 aliphatic rings. The van der Waals surface area contributed by atoms with E-state index in [-0.39, 0.29) is 11.9 Å². The van der Waals surface area contributed by atoms with Crippen LogP contribution in [-0.4, -0.2) is 40.9 Å². The van der Waals surface area contributed by atoms with Gasteiger partial charge in [-0.3, -0.25) is 0 Å². The van der Waals surface area contributed by atoms with Gasteiger partial charge in [0, 0.05) is 13.1 Å². The molecule has 0 spiro atoms. The topological polar surface area (TPSA) is 43.7 Å². The van der Waals surface area contributed by atoms with E-state index < -0.39 is 0 Å². The number of fused-ring (bicyclic) bond motifs is 1. The number of likely N-dealkylation sites (tertiary alicyclic amines) is 1. The van der Waals surface area contributed by atoms with E-state index in [2.05, 4.69) is 11.8 Å². The molecule has 0 radical (unpaired) electrons. The quantitative estimate of drug-likeness (QED) is 0.771. The van der Waals surface area contributed by atoms with Gasteiger partial charge >= 0.3 is 0 Å². The van der Waals surface area contributed by atoms with Crippen LogP contribution in [0.5, 0.6) is 5.75 Å². The van der Waals surface area contributed by atoms with Crippen LogP contribution in [-0.2, 0) is 0 Å². The summed E-state index contributed by atoms with van der Waals surface area (Å²) in [6.45, 7) is 9.79. The number of aryl methyl sites for hydroxylation is 2. The number of hydrogen-bond donors (Lipinski definition) is 2. The minimum Gasteiger partial charge on any atom is -0.508 e. The number of nitrogens with zero attached hydrogens (tertiary/aromatic N) is 1. The molecule has 1 aliphatic carbocycles. The van der Waals surface area contributed by atoms with Gasteiger partial charge in [0.1, 0.15) is 11.6 Å². The van der Waals surface area contributed by atoms with Crippen molar-refractivity contribution >= 4 is 0 Å². The maximum absolute atomic E-state index is 12.1. The summed E-state index contributed by atoms with van der Waals surface area (Å²) in [4.78, 5) is 2.50. The second-order valence-electron chi connectivity index (χ2n) is 7.63. The lowest BCUT2D eigenvalue weighted by atomic mass is 10.0. The van der Waals surface area contributed by atoms with Crippen molar-refractivity contribution in [3.05, 3.63) is 65.5 Å². The molecule has 3 atom stereocenters. The number of hydrogen-bond acceptors (Lipinski definition) is 3. The highest BCUT2D eigenvalue weighted by Crippen LogP contribution is 2.37. The maximum Gasteiger partial charge on any atom is 0.123 e. The van der Waals surface area contributed by atoms with Gasteiger partial charge in [-0.05, 0) is 69.3 Å². The summed E-state index contributed by atoms with van der Waals surface area (Å²) in [7, 11) is 0. The average Bonchev–Trinajstić information content (AvgIpc) is 3.18. The van der Waals surface area contributed by atoms with E-state index in [9.17, 15) is 9.50 Å². The zero-order valence-electron chi connectivity index (χ0n) is 16.6. The van der Waals surface area contributed by atoms with E-state index >= 15 is 0 Å². The van der Waals surface area contributed by atoms with E-state index in [1.807, 2.05) is 26.0 Å². The Kier molecular flexibility index (Phi) is 8.26. The molecule has 1 heterocycles. The standard InChI is InChI=1S/C9H17NO.C7H7F.C7H8O/c1-2-10-5-7-3-9(11)4-8(7)6-10;2*1-6-2-4-7(8)5-3-6/h7-9,11H,2-6H2,1H3;2-5H,1H3;2-5,8H,1H3/t7-,8+,9?;;. The van der Waals surface area contributed by atoms with E-state index in [1.54, 1.807) is 24.3 Å². The molecule has 2 aromatic carbocycles. The predicted molar refractivity (Wildman–Crippen MR) is 108 cm³/mol. The van der Waals surface area contributed by atoms with Gasteiger partial charge in [0.15, 0.2) is 0 Å². The zero-order chi connectivity index (χ0) is 19.8. The lowest BCUT2D eigenvalue weighted by Crippen LogP contribution is -2.22. The van der Waals surface area contributed by atoms with E-state index in [4.69, 9.17) is 5.11 Å². The number of aliphatic hydroxyl groups excluding tert-OH is 1. The molecule has 2 N–H and O–H groups in total. The Bertz CT molecular complexity index is 572. The monoisotopic (exact) mass is 373 g/mol. The molecular formula is C23H32FNO2. The first-order valence-corrected chi connectivity index (χ1v) is 9.75. The molecule has 0 amide bonds. The van der Waals surface area contributed by atoms with Crippen LogP contribution >= 0.6 is 0 Å². The first kappa shape index (κ1) is 21.4. The van der Waals surface area contributed by atoms with Crippen molar-refractivity contribution < 1.29 is 14.6 Å². The summed E-state index contributed by atoms with van der Waals surface area (Å²) in [6, 6.07) is 13.5. The van der Waals surface area contributed by atoms with Gasteiger partial charge in [0.25, 0.3) is 0 Å². The zero-order valence-corrected chi connectivity index (χ0v) is 16.6.